The molecular weight excluding hydrogens is 226 g/mol. The Morgan fingerprint density at radius 3 is 2.67 bits per heavy atom. The lowest BCUT2D eigenvalue weighted by Gasteiger charge is -2.33. The van der Waals surface area contributed by atoms with Gasteiger partial charge >= 0.3 is 0 Å². The Bertz CT molecular complexity index is 207. The average molecular weight is 257 g/mol. The Morgan fingerprint density at radius 2 is 2.00 bits per heavy atom. The van der Waals surface area contributed by atoms with E-state index in [-0.39, 0.29) is 6.10 Å². The van der Waals surface area contributed by atoms with Gasteiger partial charge in [0, 0.05) is 26.2 Å². The number of nitrogens with zero attached hydrogens (tertiary/aromatic N) is 1. The summed E-state index contributed by atoms with van der Waals surface area (Å²) in [6.45, 7) is 14.8. The third-order valence-electron chi connectivity index (χ3n) is 3.22. The van der Waals surface area contributed by atoms with Crippen molar-refractivity contribution in [1.82, 2.24) is 4.90 Å². The highest BCUT2D eigenvalue weighted by Gasteiger charge is 2.20. The summed E-state index contributed by atoms with van der Waals surface area (Å²) in [5, 5.41) is 0. The van der Waals surface area contributed by atoms with Crippen molar-refractivity contribution in [3.05, 3.63) is 0 Å². The first-order chi connectivity index (χ1) is 8.58. The van der Waals surface area contributed by atoms with Gasteiger partial charge in [-0.25, -0.2) is 0 Å². The van der Waals surface area contributed by atoms with Gasteiger partial charge in [-0.1, -0.05) is 27.7 Å². The molecule has 0 unspecified atom stereocenters. The molecule has 1 fully saturated rings. The second-order valence-corrected chi connectivity index (χ2v) is 6.26. The Balaban J connectivity index is 2.07. The van der Waals surface area contributed by atoms with E-state index in [2.05, 4.69) is 32.6 Å². The number of ether oxygens (including phenoxy) is 2. The Kier molecular flexibility index (Phi) is 7.87. The molecule has 1 heterocycles. The quantitative estimate of drug-likeness (QED) is 0.624. The molecule has 0 bridgehead atoms. The van der Waals surface area contributed by atoms with Crippen molar-refractivity contribution < 1.29 is 9.47 Å². The lowest BCUT2D eigenvalue weighted by Crippen LogP contribution is -2.45. The molecule has 0 N–H and O–H groups in total. The third-order valence-corrected chi connectivity index (χ3v) is 3.22. The van der Waals surface area contributed by atoms with Gasteiger partial charge in [0.15, 0.2) is 0 Å². The number of hydrogen-bond acceptors (Lipinski definition) is 3. The van der Waals surface area contributed by atoms with Crippen molar-refractivity contribution in [3.63, 3.8) is 0 Å². The van der Waals surface area contributed by atoms with Crippen LogP contribution in [0.2, 0.25) is 0 Å². The number of hydrogen-bond donors (Lipinski definition) is 0. The Hall–Kier alpha value is -0.120. The number of rotatable bonds is 8. The summed E-state index contributed by atoms with van der Waals surface area (Å²) in [6, 6.07) is 0. The molecule has 18 heavy (non-hydrogen) atoms. The minimum atomic E-state index is 0.275. The molecule has 1 aliphatic rings. The molecule has 0 spiro atoms. The van der Waals surface area contributed by atoms with Gasteiger partial charge in [0.1, 0.15) is 0 Å². The molecule has 0 aliphatic carbocycles. The van der Waals surface area contributed by atoms with Crippen LogP contribution >= 0.6 is 0 Å². The second-order valence-electron chi connectivity index (χ2n) is 6.26. The number of morpholine rings is 1. The van der Waals surface area contributed by atoms with Crippen LogP contribution in [-0.2, 0) is 9.47 Å². The van der Waals surface area contributed by atoms with Crippen LogP contribution in [-0.4, -0.2) is 50.5 Å². The molecule has 0 aromatic heterocycles. The summed E-state index contributed by atoms with van der Waals surface area (Å²) >= 11 is 0. The molecule has 1 rings (SSSR count). The lowest BCUT2D eigenvalue weighted by atomic mass is 10.1. The summed E-state index contributed by atoms with van der Waals surface area (Å²) in [5.74, 6) is 1.51. The van der Waals surface area contributed by atoms with Gasteiger partial charge in [0.2, 0.25) is 0 Å². The van der Waals surface area contributed by atoms with Gasteiger partial charge in [-0.2, -0.15) is 0 Å². The lowest BCUT2D eigenvalue weighted by molar-refractivity contribution is -0.0715. The predicted octanol–water partition coefficient (Wildman–Crippen LogP) is 2.80. The smallest absolute Gasteiger partial charge is 0.0935 e. The van der Waals surface area contributed by atoms with Gasteiger partial charge in [0.05, 0.1) is 19.3 Å². The van der Waals surface area contributed by atoms with Crippen LogP contribution in [0, 0.1) is 11.8 Å². The first-order valence-corrected chi connectivity index (χ1v) is 7.49. The fraction of sp³-hybridized carbons (Fsp3) is 1.00. The molecule has 0 saturated carbocycles. The predicted molar refractivity (Wildman–Crippen MR) is 75.9 cm³/mol. The van der Waals surface area contributed by atoms with Crippen molar-refractivity contribution in [2.45, 2.75) is 46.6 Å². The molecule has 1 aliphatic heterocycles. The van der Waals surface area contributed by atoms with Gasteiger partial charge in [-0.15, -0.1) is 0 Å². The van der Waals surface area contributed by atoms with E-state index in [0.717, 1.165) is 44.7 Å². The van der Waals surface area contributed by atoms with E-state index in [1.54, 1.807) is 0 Å². The summed E-state index contributed by atoms with van der Waals surface area (Å²) in [5.41, 5.74) is 0. The zero-order valence-electron chi connectivity index (χ0n) is 12.7. The van der Waals surface area contributed by atoms with E-state index in [1.807, 2.05) is 0 Å². The molecular formula is C15H31NO2. The van der Waals surface area contributed by atoms with Crippen molar-refractivity contribution >= 4 is 0 Å². The summed E-state index contributed by atoms with van der Waals surface area (Å²) in [6.07, 6.45) is 2.70. The molecule has 3 nitrogen and oxygen atoms in total. The molecule has 0 aromatic rings. The van der Waals surface area contributed by atoms with Crippen molar-refractivity contribution in [2.24, 2.45) is 11.8 Å². The molecule has 0 amide bonds. The molecule has 0 radical (unpaired) electrons. The zero-order valence-corrected chi connectivity index (χ0v) is 12.7. The summed E-state index contributed by atoms with van der Waals surface area (Å²) in [7, 11) is 0. The van der Waals surface area contributed by atoms with Crippen LogP contribution < -0.4 is 0 Å². The molecule has 1 saturated heterocycles. The molecule has 3 heteroatoms. The van der Waals surface area contributed by atoms with Crippen LogP contribution in [0.25, 0.3) is 0 Å². The largest absolute Gasteiger partial charge is 0.379 e. The standard InChI is InChI=1S/C15H31NO2/c1-13(2)6-5-8-17-12-15-11-16(7-9-18-15)10-14(3)4/h13-15H,5-12H2,1-4H3/t15-/m0/s1. The topological polar surface area (TPSA) is 21.7 Å². The SMILES string of the molecule is CC(C)CCCOC[C@@H]1CN(CC(C)C)CCO1. The van der Waals surface area contributed by atoms with Crippen LogP contribution in [0.4, 0.5) is 0 Å². The maximum absolute atomic E-state index is 5.75. The van der Waals surface area contributed by atoms with E-state index in [1.165, 1.54) is 19.4 Å². The van der Waals surface area contributed by atoms with Crippen LogP contribution in [0.15, 0.2) is 0 Å². The maximum atomic E-state index is 5.75. The van der Waals surface area contributed by atoms with Crippen LogP contribution in [0.3, 0.4) is 0 Å². The fourth-order valence-corrected chi connectivity index (χ4v) is 2.37. The monoisotopic (exact) mass is 257 g/mol. The molecule has 108 valence electrons. The van der Waals surface area contributed by atoms with Crippen molar-refractivity contribution in [3.8, 4) is 0 Å². The highest BCUT2D eigenvalue weighted by molar-refractivity contribution is 4.72. The zero-order chi connectivity index (χ0) is 13.4. The highest BCUT2D eigenvalue weighted by atomic mass is 16.5. The van der Waals surface area contributed by atoms with E-state index >= 15 is 0 Å². The van der Waals surface area contributed by atoms with E-state index in [4.69, 9.17) is 9.47 Å². The average Bonchev–Trinajstić information content (AvgIpc) is 2.27. The minimum Gasteiger partial charge on any atom is -0.379 e. The Morgan fingerprint density at radius 1 is 1.22 bits per heavy atom. The van der Waals surface area contributed by atoms with Crippen LogP contribution in [0.1, 0.15) is 40.5 Å². The molecule has 1 atom stereocenters. The van der Waals surface area contributed by atoms with E-state index < -0.39 is 0 Å². The van der Waals surface area contributed by atoms with Gasteiger partial charge in [-0.05, 0) is 24.7 Å². The van der Waals surface area contributed by atoms with Gasteiger partial charge in [0.25, 0.3) is 0 Å². The summed E-state index contributed by atoms with van der Waals surface area (Å²) < 4.78 is 11.5. The maximum Gasteiger partial charge on any atom is 0.0935 e. The fourth-order valence-electron chi connectivity index (χ4n) is 2.37. The first-order valence-electron chi connectivity index (χ1n) is 7.49. The second kappa shape index (κ2) is 8.89. The normalized spacial score (nSPS) is 22.0. The summed E-state index contributed by atoms with van der Waals surface area (Å²) in [4.78, 5) is 2.50. The van der Waals surface area contributed by atoms with E-state index in [0.29, 0.717) is 0 Å². The highest BCUT2D eigenvalue weighted by Crippen LogP contribution is 2.09. The van der Waals surface area contributed by atoms with Gasteiger partial charge < -0.3 is 9.47 Å². The third kappa shape index (κ3) is 7.34. The van der Waals surface area contributed by atoms with Crippen molar-refractivity contribution in [1.29, 1.82) is 0 Å². The van der Waals surface area contributed by atoms with Gasteiger partial charge in [-0.3, -0.25) is 4.90 Å². The molecule has 0 aromatic carbocycles. The van der Waals surface area contributed by atoms with Crippen molar-refractivity contribution in [2.75, 3.05) is 39.5 Å². The minimum absolute atomic E-state index is 0.275. The van der Waals surface area contributed by atoms with E-state index in [9.17, 15) is 0 Å². The Labute approximate surface area is 113 Å². The first kappa shape index (κ1) is 15.9. The van der Waals surface area contributed by atoms with Crippen LogP contribution in [0.5, 0.6) is 0 Å².